The van der Waals surface area contributed by atoms with Crippen molar-refractivity contribution in [3.05, 3.63) is 16.1 Å². The van der Waals surface area contributed by atoms with E-state index in [0.717, 1.165) is 30.0 Å². The summed E-state index contributed by atoms with van der Waals surface area (Å²) < 4.78 is 4.55. The van der Waals surface area contributed by atoms with E-state index in [1.54, 1.807) is 0 Å². The fraction of sp³-hybridized carbons (Fsp3) is 0.800. The zero-order chi connectivity index (χ0) is 18.8. The normalized spacial score (nSPS) is 19.5. The van der Waals surface area contributed by atoms with Gasteiger partial charge in [-0.2, -0.15) is 11.8 Å². The number of aromatic nitrogens is 1. The Labute approximate surface area is 166 Å². The molecule has 1 aliphatic carbocycles. The van der Waals surface area contributed by atoms with Crippen LogP contribution >= 0.6 is 23.1 Å². The van der Waals surface area contributed by atoms with Crippen LogP contribution in [0.15, 0.2) is 5.38 Å². The Morgan fingerprint density at radius 3 is 2.50 bits per heavy atom. The predicted octanol–water partition coefficient (Wildman–Crippen LogP) is 5.13. The lowest BCUT2D eigenvalue weighted by Gasteiger charge is -2.21. The van der Waals surface area contributed by atoms with Crippen LogP contribution in [0, 0.1) is 0 Å². The molecular weight excluding hydrogens is 364 g/mol. The number of rotatable bonds is 5. The summed E-state index contributed by atoms with van der Waals surface area (Å²) in [6.07, 6.45) is 9.72. The molecule has 1 aromatic rings. The third-order valence-electron chi connectivity index (χ3n) is 4.68. The first-order valence-electron chi connectivity index (χ1n) is 9.86. The number of carbonyl (C=O) groups excluding carboxylic acids is 1. The second-order valence-corrected chi connectivity index (χ2v) is 10.3. The first kappa shape index (κ1) is 21.7. The standard InChI is InChI=1S/C15H24N2S2.C5H10O2/c1-2-4-14(5-3-1)18-10-13-11-19-15(17-13)12-6-8-16-9-7-12;1-5(2,3)7-4-6/h11-12,14,16H,1-10H2;4H,1-3H3. The van der Waals surface area contributed by atoms with Crippen LogP contribution < -0.4 is 5.32 Å². The van der Waals surface area contributed by atoms with Crippen molar-refractivity contribution in [3.8, 4) is 0 Å². The molecule has 0 radical (unpaired) electrons. The molecule has 148 valence electrons. The van der Waals surface area contributed by atoms with E-state index < -0.39 is 0 Å². The molecule has 0 unspecified atom stereocenters. The van der Waals surface area contributed by atoms with Crippen LogP contribution in [-0.4, -0.2) is 35.4 Å². The number of nitrogens with one attached hydrogen (secondary N) is 1. The number of carbonyl (C=O) groups is 1. The van der Waals surface area contributed by atoms with Crippen molar-refractivity contribution in [3.63, 3.8) is 0 Å². The monoisotopic (exact) mass is 398 g/mol. The first-order chi connectivity index (χ1) is 12.5. The van der Waals surface area contributed by atoms with Crippen molar-refractivity contribution < 1.29 is 9.53 Å². The van der Waals surface area contributed by atoms with Crippen LogP contribution in [0.25, 0.3) is 0 Å². The molecule has 0 aromatic carbocycles. The van der Waals surface area contributed by atoms with Crippen LogP contribution in [0.4, 0.5) is 0 Å². The fourth-order valence-electron chi connectivity index (χ4n) is 3.22. The average molecular weight is 399 g/mol. The molecule has 1 N–H and O–H groups in total. The fourth-order valence-corrected chi connectivity index (χ4v) is 5.54. The molecule has 0 bridgehead atoms. The number of piperidine rings is 1. The van der Waals surface area contributed by atoms with Crippen molar-refractivity contribution in [2.45, 2.75) is 88.2 Å². The Kier molecular flexibility index (Phi) is 9.43. The van der Waals surface area contributed by atoms with Crippen molar-refractivity contribution in [2.24, 2.45) is 0 Å². The molecule has 1 aliphatic heterocycles. The number of hydrogen-bond acceptors (Lipinski definition) is 6. The third-order valence-corrected chi connectivity index (χ3v) is 7.14. The lowest BCUT2D eigenvalue weighted by atomic mass is 9.99. The minimum Gasteiger partial charge on any atom is -0.462 e. The van der Waals surface area contributed by atoms with E-state index >= 15 is 0 Å². The molecule has 0 spiro atoms. The van der Waals surface area contributed by atoms with E-state index in [9.17, 15) is 4.79 Å². The maximum Gasteiger partial charge on any atom is 0.293 e. The maximum absolute atomic E-state index is 9.60. The van der Waals surface area contributed by atoms with Crippen molar-refractivity contribution in [2.75, 3.05) is 13.1 Å². The average Bonchev–Trinajstić information content (AvgIpc) is 3.10. The highest BCUT2D eigenvalue weighted by Gasteiger charge is 2.19. The summed E-state index contributed by atoms with van der Waals surface area (Å²) in [5.74, 6) is 1.85. The summed E-state index contributed by atoms with van der Waals surface area (Å²) in [5.41, 5.74) is 1.01. The van der Waals surface area contributed by atoms with Gasteiger partial charge in [0.2, 0.25) is 0 Å². The van der Waals surface area contributed by atoms with E-state index in [2.05, 4.69) is 27.2 Å². The molecule has 4 nitrogen and oxygen atoms in total. The molecule has 1 aromatic heterocycles. The molecule has 3 rings (SSSR count). The van der Waals surface area contributed by atoms with Gasteiger partial charge in [0, 0.05) is 22.3 Å². The number of hydrogen-bond donors (Lipinski definition) is 1. The Balaban J connectivity index is 0.000000298. The Morgan fingerprint density at radius 1 is 1.23 bits per heavy atom. The van der Waals surface area contributed by atoms with Gasteiger partial charge in [0.05, 0.1) is 10.7 Å². The topological polar surface area (TPSA) is 51.2 Å². The highest BCUT2D eigenvalue weighted by atomic mass is 32.2. The molecule has 2 heterocycles. The molecule has 1 saturated carbocycles. The van der Waals surface area contributed by atoms with E-state index in [1.165, 1.54) is 55.6 Å². The molecule has 2 aliphatic rings. The highest BCUT2D eigenvalue weighted by molar-refractivity contribution is 7.99. The predicted molar refractivity (Wildman–Crippen MR) is 112 cm³/mol. The van der Waals surface area contributed by atoms with Crippen LogP contribution in [0.3, 0.4) is 0 Å². The highest BCUT2D eigenvalue weighted by Crippen LogP contribution is 2.32. The molecule has 0 atom stereocenters. The molecule has 1 saturated heterocycles. The van der Waals surface area contributed by atoms with Crippen LogP contribution in [0.2, 0.25) is 0 Å². The minimum atomic E-state index is -0.318. The van der Waals surface area contributed by atoms with Crippen molar-refractivity contribution in [1.82, 2.24) is 10.3 Å². The summed E-state index contributed by atoms with van der Waals surface area (Å²) in [4.78, 5) is 14.5. The lowest BCUT2D eigenvalue weighted by Crippen LogP contribution is -2.26. The SMILES string of the molecule is CC(C)(C)OC=O.c1sc(C2CCNCC2)nc1CSC1CCCCC1. The molecule has 26 heavy (non-hydrogen) atoms. The van der Waals surface area contributed by atoms with Gasteiger partial charge in [-0.1, -0.05) is 19.3 Å². The third kappa shape index (κ3) is 8.40. The first-order valence-corrected chi connectivity index (χ1v) is 11.8. The largest absolute Gasteiger partial charge is 0.462 e. The van der Waals surface area contributed by atoms with Crippen molar-refractivity contribution >= 4 is 29.6 Å². The second-order valence-electron chi connectivity index (χ2n) is 8.10. The van der Waals surface area contributed by atoms with Gasteiger partial charge >= 0.3 is 0 Å². The van der Waals surface area contributed by atoms with Crippen LogP contribution in [-0.2, 0) is 15.3 Å². The summed E-state index contributed by atoms with van der Waals surface area (Å²) in [6.45, 7) is 8.25. The Bertz CT molecular complexity index is 516. The minimum absolute atomic E-state index is 0.318. The Hall–Kier alpha value is -0.590. The van der Waals surface area contributed by atoms with Gasteiger partial charge in [-0.3, -0.25) is 4.79 Å². The number of ether oxygens (including phenoxy) is 1. The number of thiazole rings is 1. The van der Waals surface area contributed by atoms with E-state index in [4.69, 9.17) is 4.98 Å². The molecular formula is C20H34N2O2S2. The summed E-state index contributed by atoms with van der Waals surface area (Å²) in [5, 5.41) is 8.02. The zero-order valence-corrected chi connectivity index (χ0v) is 18.1. The van der Waals surface area contributed by atoms with Gasteiger partial charge in [0.1, 0.15) is 5.60 Å². The van der Waals surface area contributed by atoms with Gasteiger partial charge in [-0.25, -0.2) is 4.98 Å². The molecule has 6 heteroatoms. The van der Waals surface area contributed by atoms with Gasteiger partial charge in [0.25, 0.3) is 6.47 Å². The second kappa shape index (κ2) is 11.3. The molecule has 0 amide bonds. The number of thioether (sulfide) groups is 1. The smallest absolute Gasteiger partial charge is 0.293 e. The van der Waals surface area contributed by atoms with Crippen LogP contribution in [0.5, 0.6) is 0 Å². The van der Waals surface area contributed by atoms with Gasteiger partial charge in [-0.05, 0) is 59.5 Å². The summed E-state index contributed by atoms with van der Waals surface area (Å²) in [7, 11) is 0. The van der Waals surface area contributed by atoms with Gasteiger partial charge < -0.3 is 10.1 Å². The number of nitrogens with zero attached hydrogens (tertiary/aromatic N) is 1. The lowest BCUT2D eigenvalue weighted by molar-refractivity contribution is -0.138. The zero-order valence-electron chi connectivity index (χ0n) is 16.5. The van der Waals surface area contributed by atoms with E-state index in [1.807, 2.05) is 32.1 Å². The molecule has 2 fully saturated rings. The quantitative estimate of drug-likeness (QED) is 0.697. The maximum atomic E-state index is 9.60. The van der Waals surface area contributed by atoms with E-state index in [0.29, 0.717) is 6.47 Å². The summed E-state index contributed by atoms with van der Waals surface area (Å²) >= 11 is 4.03. The van der Waals surface area contributed by atoms with Crippen molar-refractivity contribution in [1.29, 1.82) is 0 Å². The van der Waals surface area contributed by atoms with Gasteiger partial charge in [0.15, 0.2) is 0 Å². The van der Waals surface area contributed by atoms with Gasteiger partial charge in [-0.15, -0.1) is 11.3 Å². The van der Waals surface area contributed by atoms with E-state index in [-0.39, 0.29) is 5.60 Å². The van der Waals surface area contributed by atoms with Crippen LogP contribution in [0.1, 0.15) is 82.3 Å². The summed E-state index contributed by atoms with van der Waals surface area (Å²) in [6, 6.07) is 0. The Morgan fingerprint density at radius 2 is 1.92 bits per heavy atom.